The van der Waals surface area contributed by atoms with Crippen molar-refractivity contribution in [2.24, 2.45) is 0 Å². The number of anilines is 3. The van der Waals surface area contributed by atoms with Crippen LogP contribution in [0.1, 0.15) is 37.8 Å². The molecule has 0 atom stereocenters. The van der Waals surface area contributed by atoms with E-state index >= 15 is 0 Å². The van der Waals surface area contributed by atoms with Crippen molar-refractivity contribution in [3.05, 3.63) is 41.6 Å². The number of thioether (sulfide) groups is 1. The lowest BCUT2D eigenvalue weighted by atomic mass is 10.1. The number of hydrogen-bond acceptors (Lipinski definition) is 5. The Bertz CT molecular complexity index is 1010. The molecule has 0 radical (unpaired) electrons. The first-order valence-corrected chi connectivity index (χ1v) is 11.1. The second kappa shape index (κ2) is 9.16. The van der Waals surface area contributed by atoms with E-state index in [-0.39, 0.29) is 5.69 Å². The fourth-order valence-electron chi connectivity index (χ4n) is 3.49. The third kappa shape index (κ3) is 4.50. The van der Waals surface area contributed by atoms with Crippen LogP contribution in [0, 0.1) is 6.92 Å². The SMILES string of the molecule is CCCN(CCC)c1c(C)c(Nc2ccc(SC)cc2C(F)(F)F)nc2ccnn12. The summed E-state index contributed by atoms with van der Waals surface area (Å²) in [7, 11) is 0. The van der Waals surface area contributed by atoms with Crippen LogP contribution in [0.3, 0.4) is 0 Å². The van der Waals surface area contributed by atoms with Gasteiger partial charge in [-0.2, -0.15) is 22.8 Å². The molecule has 0 spiro atoms. The zero-order chi connectivity index (χ0) is 21.9. The van der Waals surface area contributed by atoms with Gasteiger partial charge in [0.25, 0.3) is 0 Å². The second-order valence-corrected chi connectivity index (χ2v) is 7.91. The highest BCUT2D eigenvalue weighted by molar-refractivity contribution is 7.98. The van der Waals surface area contributed by atoms with Crippen LogP contribution in [0.25, 0.3) is 5.65 Å². The van der Waals surface area contributed by atoms with Gasteiger partial charge in [-0.3, -0.25) is 0 Å². The normalized spacial score (nSPS) is 11.8. The van der Waals surface area contributed by atoms with Crippen molar-refractivity contribution >= 4 is 34.7 Å². The largest absolute Gasteiger partial charge is 0.418 e. The Morgan fingerprint density at radius 3 is 2.43 bits per heavy atom. The van der Waals surface area contributed by atoms with E-state index in [1.54, 1.807) is 29.1 Å². The minimum Gasteiger partial charge on any atom is -0.356 e. The van der Waals surface area contributed by atoms with E-state index in [1.165, 1.54) is 23.9 Å². The Morgan fingerprint density at radius 2 is 1.83 bits per heavy atom. The van der Waals surface area contributed by atoms with Crippen molar-refractivity contribution in [3.63, 3.8) is 0 Å². The van der Waals surface area contributed by atoms with Crippen LogP contribution in [-0.4, -0.2) is 33.9 Å². The number of halogens is 3. The van der Waals surface area contributed by atoms with Crippen molar-refractivity contribution in [2.75, 3.05) is 29.6 Å². The summed E-state index contributed by atoms with van der Waals surface area (Å²) in [4.78, 5) is 7.32. The fourth-order valence-corrected chi connectivity index (χ4v) is 3.92. The van der Waals surface area contributed by atoms with E-state index in [0.717, 1.165) is 37.3 Å². The van der Waals surface area contributed by atoms with Crippen molar-refractivity contribution in [1.29, 1.82) is 0 Å². The van der Waals surface area contributed by atoms with Gasteiger partial charge in [-0.15, -0.1) is 11.8 Å². The summed E-state index contributed by atoms with van der Waals surface area (Å²) in [5.74, 6) is 1.25. The summed E-state index contributed by atoms with van der Waals surface area (Å²) in [6.07, 6.45) is 0.828. The van der Waals surface area contributed by atoms with Gasteiger partial charge in [0, 0.05) is 29.6 Å². The molecule has 0 amide bonds. The molecule has 0 unspecified atom stereocenters. The summed E-state index contributed by atoms with van der Waals surface area (Å²) >= 11 is 1.28. The summed E-state index contributed by atoms with van der Waals surface area (Å²) in [6.45, 7) is 7.71. The molecule has 0 aliphatic rings. The molecule has 0 bridgehead atoms. The molecule has 0 fully saturated rings. The monoisotopic (exact) mass is 437 g/mol. The van der Waals surface area contributed by atoms with Crippen LogP contribution in [-0.2, 0) is 6.18 Å². The van der Waals surface area contributed by atoms with Gasteiger partial charge in [-0.25, -0.2) is 4.98 Å². The predicted molar refractivity (Wildman–Crippen MR) is 117 cm³/mol. The quantitative estimate of drug-likeness (QED) is 0.428. The Hall–Kier alpha value is -2.42. The average molecular weight is 438 g/mol. The van der Waals surface area contributed by atoms with Crippen LogP contribution in [0.5, 0.6) is 0 Å². The first kappa shape index (κ1) is 22.3. The molecule has 0 aliphatic heterocycles. The Morgan fingerprint density at radius 1 is 1.13 bits per heavy atom. The number of benzene rings is 1. The minimum atomic E-state index is -4.47. The number of aromatic nitrogens is 3. The van der Waals surface area contributed by atoms with Gasteiger partial charge < -0.3 is 10.2 Å². The van der Waals surface area contributed by atoms with E-state index in [0.29, 0.717) is 16.4 Å². The van der Waals surface area contributed by atoms with Crippen molar-refractivity contribution < 1.29 is 13.2 Å². The maximum absolute atomic E-state index is 13.7. The number of alkyl halides is 3. The lowest BCUT2D eigenvalue weighted by Gasteiger charge is -2.27. The van der Waals surface area contributed by atoms with Crippen LogP contribution in [0.2, 0.25) is 0 Å². The maximum Gasteiger partial charge on any atom is 0.418 e. The second-order valence-electron chi connectivity index (χ2n) is 7.03. The standard InChI is InChI=1S/C21H26F3N5S/c1-5-11-28(12-6-2)20-14(3)19(27-18-9-10-25-29(18)20)26-17-8-7-15(30-4)13-16(17)21(22,23)24/h7-10,13H,5-6,11-12H2,1-4H3,(H,26,27). The van der Waals surface area contributed by atoms with Gasteiger partial charge in [0.15, 0.2) is 5.65 Å². The van der Waals surface area contributed by atoms with E-state index in [1.807, 2.05) is 6.92 Å². The zero-order valence-corrected chi connectivity index (χ0v) is 18.4. The number of fused-ring (bicyclic) bond motifs is 1. The van der Waals surface area contributed by atoms with Crippen LogP contribution in [0.4, 0.5) is 30.5 Å². The molecular formula is C21H26F3N5S. The highest BCUT2D eigenvalue weighted by atomic mass is 32.2. The average Bonchev–Trinajstić information content (AvgIpc) is 3.16. The summed E-state index contributed by atoms with van der Waals surface area (Å²) in [5, 5.41) is 7.35. The molecule has 1 aromatic carbocycles. The molecule has 2 aromatic heterocycles. The predicted octanol–water partition coefficient (Wildman–Crippen LogP) is 6.15. The van der Waals surface area contributed by atoms with E-state index in [4.69, 9.17) is 0 Å². The van der Waals surface area contributed by atoms with Crippen LogP contribution in [0.15, 0.2) is 35.4 Å². The molecule has 3 rings (SSSR count). The van der Waals surface area contributed by atoms with Gasteiger partial charge in [0.05, 0.1) is 17.4 Å². The van der Waals surface area contributed by atoms with Crippen molar-refractivity contribution in [1.82, 2.24) is 14.6 Å². The van der Waals surface area contributed by atoms with Crippen molar-refractivity contribution in [2.45, 2.75) is 44.7 Å². The van der Waals surface area contributed by atoms with Crippen LogP contribution < -0.4 is 10.2 Å². The van der Waals surface area contributed by atoms with Gasteiger partial charge in [0.2, 0.25) is 0 Å². The summed E-state index contributed by atoms with van der Waals surface area (Å²) in [6, 6.07) is 6.06. The summed E-state index contributed by atoms with van der Waals surface area (Å²) < 4.78 is 42.8. The van der Waals surface area contributed by atoms with E-state index in [9.17, 15) is 13.2 Å². The molecule has 30 heavy (non-hydrogen) atoms. The molecular weight excluding hydrogens is 411 g/mol. The first-order chi connectivity index (χ1) is 14.3. The minimum absolute atomic E-state index is 0.0109. The molecule has 3 aromatic rings. The Balaban J connectivity index is 2.13. The number of nitrogens with zero attached hydrogens (tertiary/aromatic N) is 4. The van der Waals surface area contributed by atoms with Crippen molar-refractivity contribution in [3.8, 4) is 0 Å². The van der Waals surface area contributed by atoms with Gasteiger partial charge in [-0.05, 0) is 44.2 Å². The van der Waals surface area contributed by atoms with E-state index in [2.05, 4.69) is 34.1 Å². The molecule has 162 valence electrons. The number of nitrogens with one attached hydrogen (secondary N) is 1. The molecule has 1 N–H and O–H groups in total. The highest BCUT2D eigenvalue weighted by Crippen LogP contribution is 2.39. The van der Waals surface area contributed by atoms with E-state index < -0.39 is 11.7 Å². The molecule has 9 heteroatoms. The highest BCUT2D eigenvalue weighted by Gasteiger charge is 2.34. The van der Waals surface area contributed by atoms with Gasteiger partial charge in [-0.1, -0.05) is 13.8 Å². The third-order valence-electron chi connectivity index (χ3n) is 4.81. The third-order valence-corrected chi connectivity index (χ3v) is 5.54. The first-order valence-electron chi connectivity index (χ1n) is 9.91. The molecule has 2 heterocycles. The number of hydrogen-bond donors (Lipinski definition) is 1. The zero-order valence-electron chi connectivity index (χ0n) is 17.5. The van der Waals surface area contributed by atoms with Crippen LogP contribution >= 0.6 is 11.8 Å². The fraction of sp³-hybridized carbons (Fsp3) is 0.429. The topological polar surface area (TPSA) is 45.5 Å². The summed E-state index contributed by atoms with van der Waals surface area (Å²) in [5.41, 5.74) is 0.632. The molecule has 0 aliphatic carbocycles. The number of rotatable bonds is 8. The smallest absolute Gasteiger partial charge is 0.356 e. The molecule has 0 saturated carbocycles. The molecule has 5 nitrogen and oxygen atoms in total. The molecule has 0 saturated heterocycles. The lowest BCUT2D eigenvalue weighted by molar-refractivity contribution is -0.137. The maximum atomic E-state index is 13.7. The van der Waals surface area contributed by atoms with Gasteiger partial charge in [0.1, 0.15) is 11.6 Å². The lowest BCUT2D eigenvalue weighted by Crippen LogP contribution is -2.28. The Kier molecular flexibility index (Phi) is 6.80. The Labute approximate surface area is 178 Å². The van der Waals surface area contributed by atoms with Gasteiger partial charge >= 0.3 is 6.18 Å².